The van der Waals surface area contributed by atoms with Crippen molar-refractivity contribution in [3.63, 3.8) is 0 Å². The summed E-state index contributed by atoms with van der Waals surface area (Å²) in [6, 6.07) is 18.4. The molecule has 4 nitrogen and oxygen atoms in total. The van der Waals surface area contributed by atoms with E-state index >= 15 is 0 Å². The van der Waals surface area contributed by atoms with Crippen molar-refractivity contribution in [3.05, 3.63) is 83.4 Å². The molecule has 2 saturated heterocycles. The molecule has 2 aromatic carbocycles. The molecule has 3 aromatic rings. The summed E-state index contributed by atoms with van der Waals surface area (Å²) in [4.78, 5) is 19.8. The highest BCUT2D eigenvalue weighted by molar-refractivity contribution is 6.31. The summed E-state index contributed by atoms with van der Waals surface area (Å²) < 4.78 is 13.7. The summed E-state index contributed by atoms with van der Waals surface area (Å²) in [5.74, 6) is -0.433. The normalized spacial score (nSPS) is 20.3. The third-order valence-corrected chi connectivity index (χ3v) is 6.57. The first-order chi connectivity index (χ1) is 14.6. The van der Waals surface area contributed by atoms with Gasteiger partial charge in [-0.15, -0.1) is 0 Å². The first kappa shape index (κ1) is 19.2. The predicted molar refractivity (Wildman–Crippen MR) is 116 cm³/mol. The van der Waals surface area contributed by atoms with Crippen LogP contribution in [0.3, 0.4) is 0 Å². The number of piperidine rings is 1. The van der Waals surface area contributed by atoms with Crippen molar-refractivity contribution < 1.29 is 9.18 Å². The van der Waals surface area contributed by atoms with E-state index in [9.17, 15) is 9.18 Å². The molecule has 0 bridgehead atoms. The lowest BCUT2D eigenvalue weighted by Gasteiger charge is -2.57. The van der Waals surface area contributed by atoms with Crippen molar-refractivity contribution in [1.82, 2.24) is 10.3 Å². The van der Waals surface area contributed by atoms with Crippen LogP contribution in [0, 0.1) is 11.2 Å². The Morgan fingerprint density at radius 1 is 1.03 bits per heavy atom. The molecule has 6 heteroatoms. The zero-order chi connectivity index (χ0) is 20.7. The van der Waals surface area contributed by atoms with Gasteiger partial charge in [0.15, 0.2) is 0 Å². The summed E-state index contributed by atoms with van der Waals surface area (Å²) in [5.41, 5.74) is 3.10. The van der Waals surface area contributed by atoms with E-state index in [1.165, 1.54) is 12.1 Å². The lowest BCUT2D eigenvalue weighted by Crippen LogP contribution is -2.66. The summed E-state index contributed by atoms with van der Waals surface area (Å²) in [7, 11) is 0. The quantitative estimate of drug-likeness (QED) is 0.605. The van der Waals surface area contributed by atoms with Gasteiger partial charge < -0.3 is 10.2 Å². The maximum atomic E-state index is 13.7. The van der Waals surface area contributed by atoms with Gasteiger partial charge in [-0.1, -0.05) is 48.0 Å². The molecular formula is C24H21ClFN3O. The van der Waals surface area contributed by atoms with Crippen molar-refractivity contribution in [3.8, 4) is 11.1 Å². The molecule has 30 heavy (non-hydrogen) atoms. The van der Waals surface area contributed by atoms with Crippen molar-refractivity contribution in [2.24, 2.45) is 5.41 Å². The van der Waals surface area contributed by atoms with Gasteiger partial charge in [0.1, 0.15) is 5.82 Å². The zero-order valence-corrected chi connectivity index (χ0v) is 17.1. The molecule has 0 radical (unpaired) electrons. The Kier molecular flexibility index (Phi) is 4.80. The lowest BCUT2D eigenvalue weighted by atomic mass is 9.63. The first-order valence-corrected chi connectivity index (χ1v) is 10.5. The minimum atomic E-state index is -0.494. The maximum Gasteiger partial charge on any atom is 0.236 e. The Balaban J connectivity index is 1.54. The fourth-order valence-corrected chi connectivity index (χ4v) is 4.88. The molecule has 1 unspecified atom stereocenters. The number of β-lactam (4-membered cyclic amide) rings is 1. The predicted octanol–water partition coefficient (Wildman–Crippen LogP) is 5.00. The van der Waals surface area contributed by atoms with Gasteiger partial charge in [-0.05, 0) is 55.8 Å². The number of carbonyl (C=O) groups is 1. The number of nitrogens with zero attached hydrogens (tertiary/aromatic N) is 2. The van der Waals surface area contributed by atoms with Gasteiger partial charge in [-0.2, -0.15) is 0 Å². The van der Waals surface area contributed by atoms with Gasteiger partial charge in [0, 0.05) is 17.4 Å². The Hall–Kier alpha value is -2.76. The molecule has 2 aliphatic heterocycles. The number of hydrogen-bond donors (Lipinski definition) is 1. The second-order valence-electron chi connectivity index (χ2n) is 7.92. The monoisotopic (exact) mass is 421 g/mol. The second kappa shape index (κ2) is 7.49. The van der Waals surface area contributed by atoms with Gasteiger partial charge in [-0.25, -0.2) is 4.39 Å². The maximum absolute atomic E-state index is 13.7. The number of halogens is 2. The Labute approximate surface area is 179 Å². The standard InChI is InChI=1S/C24H21ClFN3O/c25-19-14-18(7-8-20(19)26)29-22(24(23(29)30)10-12-27-13-11-24)21-9-6-17(15-28-21)16-4-2-1-3-5-16/h1-9,14-15,22,27H,10-13H2. The van der Waals surface area contributed by atoms with Crippen molar-refractivity contribution in [1.29, 1.82) is 0 Å². The molecule has 1 spiro atoms. The molecule has 0 saturated carbocycles. The average molecular weight is 422 g/mol. The molecule has 2 fully saturated rings. The largest absolute Gasteiger partial charge is 0.317 e. The minimum absolute atomic E-state index is 0.0118. The topological polar surface area (TPSA) is 45.2 Å². The Morgan fingerprint density at radius 2 is 1.80 bits per heavy atom. The second-order valence-corrected chi connectivity index (χ2v) is 8.33. The van der Waals surface area contributed by atoms with Crippen LogP contribution in [0.25, 0.3) is 11.1 Å². The molecule has 1 amide bonds. The van der Waals surface area contributed by atoms with Crippen LogP contribution in [0.1, 0.15) is 24.6 Å². The first-order valence-electron chi connectivity index (χ1n) is 10.1. The number of rotatable bonds is 3. The van der Waals surface area contributed by atoms with Gasteiger partial charge in [0.2, 0.25) is 5.91 Å². The molecule has 1 N–H and O–H groups in total. The van der Waals surface area contributed by atoms with Crippen molar-refractivity contribution in [2.45, 2.75) is 18.9 Å². The van der Waals surface area contributed by atoms with Crippen LogP contribution in [0.5, 0.6) is 0 Å². The molecule has 1 atom stereocenters. The molecule has 1 aromatic heterocycles. The molecule has 5 rings (SSSR count). The number of amides is 1. The van der Waals surface area contributed by atoms with Gasteiger partial charge >= 0.3 is 0 Å². The third-order valence-electron chi connectivity index (χ3n) is 6.28. The van der Waals surface area contributed by atoms with Crippen LogP contribution in [0.2, 0.25) is 5.02 Å². The number of carbonyl (C=O) groups excluding carboxylic acids is 1. The minimum Gasteiger partial charge on any atom is -0.317 e. The van der Waals surface area contributed by atoms with E-state index in [1.54, 1.807) is 11.0 Å². The van der Waals surface area contributed by atoms with Gasteiger partial charge in [0.25, 0.3) is 0 Å². The molecular weight excluding hydrogens is 401 g/mol. The number of nitrogens with one attached hydrogen (secondary N) is 1. The Morgan fingerprint density at radius 3 is 2.47 bits per heavy atom. The van der Waals surface area contributed by atoms with Crippen LogP contribution in [-0.4, -0.2) is 24.0 Å². The summed E-state index contributed by atoms with van der Waals surface area (Å²) in [6.45, 7) is 1.59. The fourth-order valence-electron chi connectivity index (χ4n) is 4.70. The van der Waals surface area contributed by atoms with Crippen LogP contribution in [0.4, 0.5) is 10.1 Å². The van der Waals surface area contributed by atoms with Crippen molar-refractivity contribution in [2.75, 3.05) is 18.0 Å². The van der Waals surface area contributed by atoms with Gasteiger partial charge in [0.05, 0.1) is 22.2 Å². The van der Waals surface area contributed by atoms with Crippen molar-refractivity contribution >= 4 is 23.2 Å². The lowest BCUT2D eigenvalue weighted by molar-refractivity contribution is -0.142. The van der Waals surface area contributed by atoms with E-state index < -0.39 is 11.2 Å². The fraction of sp³-hybridized carbons (Fsp3) is 0.250. The van der Waals surface area contributed by atoms with Crippen LogP contribution >= 0.6 is 11.6 Å². The molecule has 2 aliphatic rings. The number of aromatic nitrogens is 1. The highest BCUT2D eigenvalue weighted by Crippen LogP contribution is 2.56. The van der Waals surface area contributed by atoms with Crippen LogP contribution in [0.15, 0.2) is 66.9 Å². The van der Waals surface area contributed by atoms with Gasteiger partial charge in [-0.3, -0.25) is 9.78 Å². The van der Waals surface area contributed by atoms with E-state index in [-0.39, 0.29) is 17.0 Å². The van der Waals surface area contributed by atoms with Crippen LogP contribution < -0.4 is 10.2 Å². The summed E-state index contributed by atoms with van der Waals surface area (Å²) in [6.07, 6.45) is 3.37. The zero-order valence-electron chi connectivity index (χ0n) is 16.3. The van der Waals surface area contributed by atoms with E-state index in [0.29, 0.717) is 5.69 Å². The summed E-state index contributed by atoms with van der Waals surface area (Å²) in [5, 5.41) is 3.35. The SMILES string of the molecule is O=C1N(c2ccc(F)c(Cl)c2)C(c2ccc(-c3ccccc3)cn2)C12CCNCC2. The van der Waals surface area contributed by atoms with E-state index in [1.807, 2.05) is 48.7 Å². The van der Waals surface area contributed by atoms with E-state index in [0.717, 1.165) is 42.8 Å². The third kappa shape index (κ3) is 3.01. The summed E-state index contributed by atoms with van der Waals surface area (Å²) >= 11 is 6.01. The number of hydrogen-bond acceptors (Lipinski definition) is 3. The highest BCUT2D eigenvalue weighted by atomic mass is 35.5. The smallest absolute Gasteiger partial charge is 0.236 e. The molecule has 0 aliphatic carbocycles. The molecule has 3 heterocycles. The Bertz CT molecular complexity index is 1080. The van der Waals surface area contributed by atoms with E-state index in [4.69, 9.17) is 16.6 Å². The van der Waals surface area contributed by atoms with Crippen LogP contribution in [-0.2, 0) is 4.79 Å². The number of anilines is 1. The number of benzene rings is 2. The highest BCUT2D eigenvalue weighted by Gasteiger charge is 2.62. The van der Waals surface area contributed by atoms with E-state index in [2.05, 4.69) is 5.32 Å². The molecule has 152 valence electrons. The average Bonchev–Trinajstić information content (AvgIpc) is 2.80. The number of pyridine rings is 1.